The van der Waals surface area contributed by atoms with Crippen molar-refractivity contribution in [2.45, 2.75) is 19.4 Å². The summed E-state index contributed by atoms with van der Waals surface area (Å²) in [5, 5.41) is 3.06. The molecule has 0 aliphatic rings. The van der Waals surface area contributed by atoms with Crippen LogP contribution in [0.3, 0.4) is 0 Å². The van der Waals surface area contributed by atoms with Crippen molar-refractivity contribution in [3.05, 3.63) is 18.2 Å². The zero-order valence-electron chi connectivity index (χ0n) is 9.81. The van der Waals surface area contributed by atoms with Crippen molar-refractivity contribution in [2.24, 2.45) is 0 Å². The van der Waals surface area contributed by atoms with E-state index in [0.717, 1.165) is 18.7 Å². The molecule has 5 nitrogen and oxygen atoms in total. The Balaban J connectivity index is 2.35. The normalized spacial score (nSPS) is 11.9. The van der Waals surface area contributed by atoms with Gasteiger partial charge in [-0.25, -0.2) is 13.4 Å². The first kappa shape index (κ1) is 13.2. The Labute approximate surface area is 96.8 Å². The minimum absolute atomic E-state index is 0.233. The molecule has 0 radical (unpaired) electrons. The van der Waals surface area contributed by atoms with Crippen molar-refractivity contribution in [2.75, 3.05) is 25.6 Å². The number of likely N-dealkylation sites (N-methyl/N-ethyl adjacent to an activating group) is 1. The van der Waals surface area contributed by atoms with Crippen LogP contribution in [-0.2, 0) is 22.8 Å². The van der Waals surface area contributed by atoms with Crippen LogP contribution in [0.15, 0.2) is 12.5 Å². The highest BCUT2D eigenvalue weighted by Gasteiger charge is 2.02. The highest BCUT2D eigenvalue weighted by molar-refractivity contribution is 7.90. The summed E-state index contributed by atoms with van der Waals surface area (Å²) < 4.78 is 23.8. The van der Waals surface area contributed by atoms with Gasteiger partial charge in [-0.3, -0.25) is 0 Å². The van der Waals surface area contributed by atoms with Crippen LogP contribution in [0.1, 0.15) is 12.1 Å². The van der Waals surface area contributed by atoms with Crippen LogP contribution in [-0.4, -0.2) is 43.6 Å². The minimum Gasteiger partial charge on any atom is -0.337 e. The van der Waals surface area contributed by atoms with E-state index in [4.69, 9.17) is 0 Å². The van der Waals surface area contributed by atoms with Gasteiger partial charge in [-0.2, -0.15) is 0 Å². The highest BCUT2D eigenvalue weighted by Crippen LogP contribution is 1.99. The SMILES string of the molecule is CNCCc1cn(CCCS(C)(=O)=O)cn1. The van der Waals surface area contributed by atoms with Gasteiger partial charge in [-0.1, -0.05) is 0 Å². The average Bonchev–Trinajstić information content (AvgIpc) is 2.61. The Bertz CT molecular complexity index is 411. The topological polar surface area (TPSA) is 64.0 Å². The van der Waals surface area contributed by atoms with Crippen LogP contribution >= 0.6 is 0 Å². The number of hydrogen-bond acceptors (Lipinski definition) is 4. The molecule has 1 aromatic heterocycles. The molecule has 6 heteroatoms. The van der Waals surface area contributed by atoms with Crippen molar-refractivity contribution in [3.63, 3.8) is 0 Å². The molecule has 1 heterocycles. The molecular weight excluding hydrogens is 226 g/mol. The molecule has 0 spiro atoms. The van der Waals surface area contributed by atoms with Gasteiger partial charge in [0.05, 0.1) is 17.8 Å². The molecule has 0 atom stereocenters. The Kier molecular flexibility index (Phi) is 4.95. The number of aromatic nitrogens is 2. The third-order valence-electron chi connectivity index (χ3n) is 2.25. The van der Waals surface area contributed by atoms with Crippen molar-refractivity contribution >= 4 is 9.84 Å². The first-order valence-corrected chi connectivity index (χ1v) is 7.40. The second-order valence-corrected chi connectivity index (χ2v) is 6.20. The number of nitrogens with zero attached hydrogens (tertiary/aromatic N) is 2. The van der Waals surface area contributed by atoms with Crippen LogP contribution in [0.4, 0.5) is 0 Å². The van der Waals surface area contributed by atoms with Gasteiger partial charge in [0.25, 0.3) is 0 Å². The molecule has 92 valence electrons. The third kappa shape index (κ3) is 5.27. The number of nitrogens with one attached hydrogen (secondary N) is 1. The molecule has 16 heavy (non-hydrogen) atoms. The fraction of sp³-hybridized carbons (Fsp3) is 0.700. The highest BCUT2D eigenvalue weighted by atomic mass is 32.2. The Hall–Kier alpha value is -0.880. The smallest absolute Gasteiger partial charge is 0.147 e. The molecule has 1 rings (SSSR count). The van der Waals surface area contributed by atoms with E-state index in [1.165, 1.54) is 6.26 Å². The summed E-state index contributed by atoms with van der Waals surface area (Å²) >= 11 is 0. The van der Waals surface area contributed by atoms with Crippen molar-refractivity contribution < 1.29 is 8.42 Å². The Morgan fingerprint density at radius 3 is 2.88 bits per heavy atom. The lowest BCUT2D eigenvalue weighted by atomic mass is 10.3. The zero-order chi connectivity index (χ0) is 12.0. The summed E-state index contributed by atoms with van der Waals surface area (Å²) in [5.41, 5.74) is 1.04. The van der Waals surface area contributed by atoms with Gasteiger partial charge in [0.2, 0.25) is 0 Å². The molecule has 1 aromatic rings. The second kappa shape index (κ2) is 6.00. The lowest BCUT2D eigenvalue weighted by Crippen LogP contribution is -2.10. The molecule has 0 unspecified atom stereocenters. The van der Waals surface area contributed by atoms with Gasteiger partial charge in [0, 0.05) is 32.0 Å². The largest absolute Gasteiger partial charge is 0.337 e. The average molecular weight is 245 g/mol. The molecule has 0 aromatic carbocycles. The van der Waals surface area contributed by atoms with E-state index in [-0.39, 0.29) is 5.75 Å². The monoisotopic (exact) mass is 245 g/mol. The van der Waals surface area contributed by atoms with E-state index in [1.807, 2.05) is 17.8 Å². The third-order valence-corrected chi connectivity index (χ3v) is 3.28. The van der Waals surface area contributed by atoms with Gasteiger partial charge in [0.1, 0.15) is 9.84 Å². The quantitative estimate of drug-likeness (QED) is 0.739. The maximum absolute atomic E-state index is 10.9. The standard InChI is InChI=1S/C10H19N3O2S/c1-11-5-4-10-8-13(9-12-10)6-3-7-16(2,14)15/h8-9,11H,3-7H2,1-2H3. The fourth-order valence-electron chi connectivity index (χ4n) is 1.42. The van der Waals surface area contributed by atoms with Crippen LogP contribution in [0, 0.1) is 0 Å². The maximum atomic E-state index is 10.9. The summed E-state index contributed by atoms with van der Waals surface area (Å²) in [6.07, 6.45) is 6.53. The lowest BCUT2D eigenvalue weighted by Gasteiger charge is -2.00. The van der Waals surface area contributed by atoms with E-state index in [9.17, 15) is 8.42 Å². The molecule has 0 aliphatic heterocycles. The molecule has 0 amide bonds. The van der Waals surface area contributed by atoms with Gasteiger partial charge in [0.15, 0.2) is 0 Å². The molecule has 1 N–H and O–H groups in total. The predicted molar refractivity (Wildman–Crippen MR) is 64.2 cm³/mol. The van der Waals surface area contributed by atoms with E-state index >= 15 is 0 Å². The summed E-state index contributed by atoms with van der Waals surface area (Å²) in [6.45, 7) is 1.61. The van der Waals surface area contributed by atoms with Gasteiger partial charge >= 0.3 is 0 Å². The van der Waals surface area contributed by atoms with E-state index < -0.39 is 9.84 Å². The van der Waals surface area contributed by atoms with E-state index in [0.29, 0.717) is 13.0 Å². The number of sulfone groups is 1. The lowest BCUT2D eigenvalue weighted by molar-refractivity contribution is 0.592. The predicted octanol–water partition coefficient (Wildman–Crippen LogP) is 0.0797. The Morgan fingerprint density at radius 2 is 2.25 bits per heavy atom. The van der Waals surface area contributed by atoms with Crippen molar-refractivity contribution in [3.8, 4) is 0 Å². The summed E-state index contributed by atoms with van der Waals surface area (Å²) in [4.78, 5) is 4.24. The van der Waals surface area contributed by atoms with Crippen molar-refractivity contribution in [1.29, 1.82) is 0 Å². The molecule has 0 fully saturated rings. The summed E-state index contributed by atoms with van der Waals surface area (Å²) in [6, 6.07) is 0. The zero-order valence-corrected chi connectivity index (χ0v) is 10.6. The fourth-order valence-corrected chi connectivity index (χ4v) is 2.07. The van der Waals surface area contributed by atoms with E-state index in [2.05, 4.69) is 10.3 Å². The van der Waals surface area contributed by atoms with Crippen LogP contribution in [0.25, 0.3) is 0 Å². The van der Waals surface area contributed by atoms with Crippen LogP contribution in [0.2, 0.25) is 0 Å². The molecule has 0 saturated carbocycles. The first-order valence-electron chi connectivity index (χ1n) is 5.34. The Morgan fingerprint density at radius 1 is 1.50 bits per heavy atom. The molecular formula is C10H19N3O2S. The number of imidazole rings is 1. The molecule has 0 aliphatic carbocycles. The van der Waals surface area contributed by atoms with Crippen molar-refractivity contribution in [1.82, 2.24) is 14.9 Å². The second-order valence-electron chi connectivity index (χ2n) is 3.94. The van der Waals surface area contributed by atoms with Gasteiger partial charge in [-0.15, -0.1) is 0 Å². The molecule has 0 bridgehead atoms. The summed E-state index contributed by atoms with van der Waals surface area (Å²) in [5.74, 6) is 0.233. The maximum Gasteiger partial charge on any atom is 0.147 e. The van der Waals surface area contributed by atoms with Crippen LogP contribution in [0.5, 0.6) is 0 Å². The van der Waals surface area contributed by atoms with Gasteiger partial charge < -0.3 is 9.88 Å². The number of aryl methyl sites for hydroxylation is 1. The minimum atomic E-state index is -2.85. The van der Waals surface area contributed by atoms with Gasteiger partial charge in [-0.05, 0) is 13.5 Å². The summed E-state index contributed by atoms with van der Waals surface area (Å²) in [7, 11) is -0.940. The molecule has 0 saturated heterocycles. The number of rotatable bonds is 7. The van der Waals surface area contributed by atoms with Crippen LogP contribution < -0.4 is 5.32 Å². The number of hydrogen-bond donors (Lipinski definition) is 1. The van der Waals surface area contributed by atoms with E-state index in [1.54, 1.807) is 6.33 Å². The first-order chi connectivity index (χ1) is 7.51.